The first-order chi connectivity index (χ1) is 13.6. The summed E-state index contributed by atoms with van der Waals surface area (Å²) in [5.74, 6) is -0.260. The lowest BCUT2D eigenvalue weighted by Crippen LogP contribution is -2.43. The van der Waals surface area contributed by atoms with E-state index in [9.17, 15) is 9.59 Å². The van der Waals surface area contributed by atoms with Gasteiger partial charge in [0.25, 0.3) is 11.8 Å². The average Bonchev–Trinajstić information content (AvgIpc) is 3.16. The molecule has 0 unspecified atom stereocenters. The van der Waals surface area contributed by atoms with Crippen molar-refractivity contribution < 1.29 is 14.3 Å². The van der Waals surface area contributed by atoms with E-state index >= 15 is 0 Å². The molecule has 7 nitrogen and oxygen atoms in total. The second-order valence-corrected chi connectivity index (χ2v) is 6.22. The van der Waals surface area contributed by atoms with Crippen molar-refractivity contribution in [3.05, 3.63) is 77.6 Å². The molecule has 3 rings (SSSR count). The molecule has 0 aliphatic rings. The average molecular weight is 378 g/mol. The van der Waals surface area contributed by atoms with Crippen LogP contribution in [0.3, 0.4) is 0 Å². The highest BCUT2D eigenvalue weighted by Gasteiger charge is 2.09. The quantitative estimate of drug-likeness (QED) is 0.646. The molecule has 0 radical (unpaired) electrons. The number of hydrogen-bond acceptors (Lipinski definition) is 4. The van der Waals surface area contributed by atoms with Gasteiger partial charge in [0.15, 0.2) is 6.61 Å². The zero-order valence-corrected chi connectivity index (χ0v) is 15.8. The van der Waals surface area contributed by atoms with Crippen molar-refractivity contribution in [3.8, 4) is 11.4 Å². The number of ether oxygens (including phenoxy) is 1. The summed E-state index contributed by atoms with van der Waals surface area (Å²) in [6.45, 7) is 3.82. The predicted octanol–water partition coefficient (Wildman–Crippen LogP) is 2.58. The first-order valence-corrected chi connectivity index (χ1v) is 8.99. The van der Waals surface area contributed by atoms with Crippen LogP contribution in [0.15, 0.2) is 60.8 Å². The van der Waals surface area contributed by atoms with Gasteiger partial charge in [-0.3, -0.25) is 20.4 Å². The Balaban J connectivity index is 1.47. The number of nitrogens with zero attached hydrogens (tertiary/aromatic N) is 2. The molecule has 7 heteroatoms. The number of hydrazine groups is 1. The fourth-order valence-corrected chi connectivity index (χ4v) is 2.60. The third-order valence-corrected chi connectivity index (χ3v) is 4.22. The molecule has 2 amide bonds. The first kappa shape index (κ1) is 19.2. The summed E-state index contributed by atoms with van der Waals surface area (Å²) in [5.41, 5.74) is 8.18. The largest absolute Gasteiger partial charge is 0.484 e. The third-order valence-electron chi connectivity index (χ3n) is 4.22. The molecule has 0 atom stereocenters. The summed E-state index contributed by atoms with van der Waals surface area (Å²) >= 11 is 0. The Hall–Kier alpha value is -3.61. The Labute approximate surface area is 163 Å². The van der Waals surface area contributed by atoms with Crippen molar-refractivity contribution in [1.82, 2.24) is 20.6 Å². The van der Waals surface area contributed by atoms with E-state index in [-0.39, 0.29) is 6.61 Å². The highest BCUT2D eigenvalue weighted by Crippen LogP contribution is 2.12. The number of hydrogen-bond donors (Lipinski definition) is 2. The SMILES string of the molecule is CCc1ccc(OCC(=O)NNC(=O)c2ccc(-n3nccc3C)cc2)cc1. The summed E-state index contributed by atoms with van der Waals surface area (Å²) in [6.07, 6.45) is 2.65. The lowest BCUT2D eigenvalue weighted by Gasteiger charge is -2.10. The maximum Gasteiger partial charge on any atom is 0.276 e. The van der Waals surface area contributed by atoms with Crippen LogP contribution in [0.4, 0.5) is 0 Å². The standard InChI is InChI=1S/C21H22N4O3/c1-3-16-4-10-19(11-5-16)28-14-20(26)23-24-21(27)17-6-8-18(9-7-17)25-15(2)12-13-22-25/h4-13H,3,14H2,1-2H3,(H,23,26)(H,24,27). The highest BCUT2D eigenvalue weighted by molar-refractivity contribution is 5.95. The number of rotatable bonds is 6. The second kappa shape index (κ2) is 8.85. The van der Waals surface area contributed by atoms with Gasteiger partial charge in [-0.2, -0.15) is 5.10 Å². The summed E-state index contributed by atoms with van der Waals surface area (Å²) < 4.78 is 7.17. The van der Waals surface area contributed by atoms with Crippen LogP contribution in [0.25, 0.3) is 5.69 Å². The molecule has 0 saturated carbocycles. The van der Waals surface area contributed by atoms with Gasteiger partial charge in [-0.05, 0) is 61.4 Å². The molecule has 0 aliphatic heterocycles. The summed E-state index contributed by atoms with van der Waals surface area (Å²) in [5, 5.41) is 4.22. The van der Waals surface area contributed by atoms with Crippen LogP contribution in [0, 0.1) is 6.92 Å². The number of benzene rings is 2. The van der Waals surface area contributed by atoms with Gasteiger partial charge in [0.1, 0.15) is 5.75 Å². The van der Waals surface area contributed by atoms with E-state index in [1.165, 1.54) is 5.56 Å². The van der Waals surface area contributed by atoms with Crippen LogP contribution in [0.5, 0.6) is 5.75 Å². The van der Waals surface area contributed by atoms with E-state index in [4.69, 9.17) is 4.74 Å². The van der Waals surface area contributed by atoms with Crippen LogP contribution >= 0.6 is 0 Å². The molecule has 3 aromatic rings. The van der Waals surface area contributed by atoms with E-state index in [0.29, 0.717) is 11.3 Å². The Morgan fingerprint density at radius 1 is 1.00 bits per heavy atom. The fraction of sp³-hybridized carbons (Fsp3) is 0.190. The van der Waals surface area contributed by atoms with Crippen molar-refractivity contribution in [3.63, 3.8) is 0 Å². The van der Waals surface area contributed by atoms with E-state index < -0.39 is 11.8 Å². The van der Waals surface area contributed by atoms with E-state index in [1.807, 2.05) is 37.3 Å². The maximum absolute atomic E-state index is 12.2. The van der Waals surface area contributed by atoms with Crippen molar-refractivity contribution in [2.45, 2.75) is 20.3 Å². The van der Waals surface area contributed by atoms with Crippen molar-refractivity contribution in [2.75, 3.05) is 6.61 Å². The lowest BCUT2D eigenvalue weighted by atomic mass is 10.2. The van der Waals surface area contributed by atoms with Crippen LogP contribution in [0.1, 0.15) is 28.5 Å². The molecule has 2 aromatic carbocycles. The molecule has 1 aromatic heterocycles. The minimum absolute atomic E-state index is 0.191. The van der Waals surface area contributed by atoms with Crippen LogP contribution in [0.2, 0.25) is 0 Å². The zero-order valence-electron chi connectivity index (χ0n) is 15.8. The molecule has 0 bridgehead atoms. The van der Waals surface area contributed by atoms with Crippen LogP contribution < -0.4 is 15.6 Å². The predicted molar refractivity (Wildman–Crippen MR) is 105 cm³/mol. The number of carbonyl (C=O) groups is 2. The molecule has 1 heterocycles. The first-order valence-electron chi connectivity index (χ1n) is 8.99. The molecule has 144 valence electrons. The molecule has 0 fully saturated rings. The highest BCUT2D eigenvalue weighted by atomic mass is 16.5. The monoisotopic (exact) mass is 378 g/mol. The summed E-state index contributed by atoms with van der Waals surface area (Å²) in [7, 11) is 0. The molecule has 0 aliphatic carbocycles. The lowest BCUT2D eigenvalue weighted by molar-refractivity contribution is -0.123. The molecular weight excluding hydrogens is 356 g/mol. The molecule has 0 saturated heterocycles. The number of carbonyl (C=O) groups excluding carboxylic acids is 2. The van der Waals surface area contributed by atoms with Crippen molar-refractivity contribution >= 4 is 11.8 Å². The Bertz CT molecular complexity index is 947. The van der Waals surface area contributed by atoms with Gasteiger partial charge in [-0.1, -0.05) is 19.1 Å². The van der Waals surface area contributed by atoms with Gasteiger partial charge in [-0.15, -0.1) is 0 Å². The fourth-order valence-electron chi connectivity index (χ4n) is 2.60. The maximum atomic E-state index is 12.2. The normalized spacial score (nSPS) is 10.4. The second-order valence-electron chi connectivity index (χ2n) is 6.22. The van der Waals surface area contributed by atoms with Gasteiger partial charge < -0.3 is 4.74 Å². The zero-order chi connectivity index (χ0) is 19.9. The third kappa shape index (κ3) is 4.76. The van der Waals surface area contributed by atoms with Crippen LogP contribution in [-0.4, -0.2) is 28.2 Å². The number of aryl methyl sites for hydroxylation is 2. The number of nitrogens with one attached hydrogen (secondary N) is 2. The summed E-state index contributed by atoms with van der Waals surface area (Å²) in [6, 6.07) is 16.3. The number of aromatic nitrogens is 2. The van der Waals surface area contributed by atoms with Crippen molar-refractivity contribution in [1.29, 1.82) is 0 Å². The summed E-state index contributed by atoms with van der Waals surface area (Å²) in [4.78, 5) is 24.0. The van der Waals surface area contributed by atoms with Gasteiger partial charge in [0.2, 0.25) is 0 Å². The van der Waals surface area contributed by atoms with Gasteiger partial charge in [-0.25, -0.2) is 4.68 Å². The van der Waals surface area contributed by atoms with E-state index in [1.54, 1.807) is 35.1 Å². The minimum atomic E-state index is -0.447. The number of amides is 2. The smallest absolute Gasteiger partial charge is 0.276 e. The van der Waals surface area contributed by atoms with Gasteiger partial charge >= 0.3 is 0 Å². The minimum Gasteiger partial charge on any atom is -0.484 e. The topological polar surface area (TPSA) is 85.3 Å². The van der Waals surface area contributed by atoms with E-state index in [0.717, 1.165) is 17.8 Å². The molecule has 28 heavy (non-hydrogen) atoms. The molecule has 0 spiro atoms. The van der Waals surface area contributed by atoms with Gasteiger partial charge in [0, 0.05) is 17.5 Å². The van der Waals surface area contributed by atoms with Crippen LogP contribution in [-0.2, 0) is 11.2 Å². The van der Waals surface area contributed by atoms with Crippen molar-refractivity contribution in [2.24, 2.45) is 0 Å². The van der Waals surface area contributed by atoms with E-state index in [2.05, 4.69) is 22.9 Å². The molecule has 2 N–H and O–H groups in total. The van der Waals surface area contributed by atoms with Gasteiger partial charge in [0.05, 0.1) is 5.69 Å². The molecular formula is C21H22N4O3. The Morgan fingerprint density at radius 3 is 2.32 bits per heavy atom. The Morgan fingerprint density at radius 2 is 1.71 bits per heavy atom. The Kier molecular flexibility index (Phi) is 6.06.